The monoisotopic (exact) mass is 280 g/mol. The van der Waals surface area contributed by atoms with Crippen LogP contribution in [-0.2, 0) is 0 Å². The van der Waals surface area contributed by atoms with E-state index in [2.05, 4.69) is 20.8 Å². The van der Waals surface area contributed by atoms with Gasteiger partial charge < -0.3 is 0 Å². The number of unbranched alkanes of at least 4 members (excludes halogenated alkanes) is 12. The topological polar surface area (TPSA) is 0 Å². The second kappa shape index (κ2) is 17.1. The van der Waals surface area contributed by atoms with Crippen molar-refractivity contribution in [2.75, 3.05) is 0 Å². The third kappa shape index (κ3) is 16.1. The lowest BCUT2D eigenvalue weighted by atomic mass is 9.96. The molecular formula is C20H40. The summed E-state index contributed by atoms with van der Waals surface area (Å²) in [4.78, 5) is 0. The summed E-state index contributed by atoms with van der Waals surface area (Å²) in [5, 5.41) is 0. The largest absolute Gasteiger partial charge is 0.0625 e. The summed E-state index contributed by atoms with van der Waals surface area (Å²) in [7, 11) is 0. The molecule has 0 spiro atoms. The molecule has 0 nitrogen and oxygen atoms in total. The number of hydrogen-bond donors (Lipinski definition) is 0. The molecule has 1 atom stereocenters. The Hall–Kier alpha value is 0. The van der Waals surface area contributed by atoms with Crippen LogP contribution in [0, 0.1) is 19.8 Å². The summed E-state index contributed by atoms with van der Waals surface area (Å²) in [6, 6.07) is 0. The van der Waals surface area contributed by atoms with Crippen molar-refractivity contribution in [2.45, 2.75) is 110 Å². The van der Waals surface area contributed by atoms with Gasteiger partial charge in [-0.05, 0) is 5.92 Å². The molecule has 0 aliphatic heterocycles. The van der Waals surface area contributed by atoms with Gasteiger partial charge in [0.1, 0.15) is 0 Å². The predicted molar refractivity (Wildman–Crippen MR) is 93.8 cm³/mol. The smallest absolute Gasteiger partial charge is 0.0443 e. The fourth-order valence-corrected chi connectivity index (χ4v) is 2.90. The number of rotatable bonds is 16. The van der Waals surface area contributed by atoms with Gasteiger partial charge in [0.2, 0.25) is 0 Å². The third-order valence-electron chi connectivity index (χ3n) is 4.39. The SMILES string of the molecule is [CH2]CCCCCCCCCCC(C)CCCCCC[CH2]. The maximum atomic E-state index is 3.90. The zero-order valence-electron chi connectivity index (χ0n) is 14.3. The summed E-state index contributed by atoms with van der Waals surface area (Å²) in [6.07, 6.45) is 22.1. The highest BCUT2D eigenvalue weighted by Gasteiger charge is 2.01. The molecule has 0 saturated heterocycles. The van der Waals surface area contributed by atoms with E-state index in [4.69, 9.17) is 0 Å². The first kappa shape index (κ1) is 20.0. The van der Waals surface area contributed by atoms with Crippen LogP contribution in [0.15, 0.2) is 0 Å². The Morgan fingerprint density at radius 1 is 0.500 bits per heavy atom. The normalized spacial score (nSPS) is 12.8. The number of hydrogen-bond acceptors (Lipinski definition) is 0. The standard InChI is InChI=1S/C20H40/c1-4-6-8-10-11-12-13-15-17-19-20(3)18-16-14-9-7-5-2/h20H,1-2,4-19H2,3H3. The zero-order valence-corrected chi connectivity index (χ0v) is 14.3. The van der Waals surface area contributed by atoms with Crippen LogP contribution in [0.25, 0.3) is 0 Å². The Morgan fingerprint density at radius 3 is 1.15 bits per heavy atom. The van der Waals surface area contributed by atoms with Crippen molar-refractivity contribution in [3.8, 4) is 0 Å². The second-order valence-electron chi connectivity index (χ2n) is 6.63. The summed E-state index contributed by atoms with van der Waals surface area (Å²) >= 11 is 0. The quantitative estimate of drug-likeness (QED) is 0.256. The van der Waals surface area contributed by atoms with Crippen molar-refractivity contribution >= 4 is 0 Å². The van der Waals surface area contributed by atoms with Crippen LogP contribution in [0.4, 0.5) is 0 Å². The van der Waals surface area contributed by atoms with Crippen LogP contribution in [0.5, 0.6) is 0 Å². The molecule has 0 amide bonds. The highest BCUT2D eigenvalue weighted by Crippen LogP contribution is 2.18. The molecule has 2 radical (unpaired) electrons. The van der Waals surface area contributed by atoms with E-state index in [9.17, 15) is 0 Å². The van der Waals surface area contributed by atoms with Gasteiger partial charge in [-0.25, -0.2) is 0 Å². The highest BCUT2D eigenvalue weighted by molar-refractivity contribution is 4.56. The van der Waals surface area contributed by atoms with Crippen molar-refractivity contribution in [1.82, 2.24) is 0 Å². The lowest BCUT2D eigenvalue weighted by Crippen LogP contribution is -1.95. The zero-order chi connectivity index (χ0) is 14.9. The molecule has 0 aromatic heterocycles. The average Bonchev–Trinajstić information content (AvgIpc) is 2.45. The van der Waals surface area contributed by atoms with Crippen LogP contribution in [0.2, 0.25) is 0 Å². The molecular weight excluding hydrogens is 240 g/mol. The molecule has 0 rings (SSSR count). The first-order valence-corrected chi connectivity index (χ1v) is 9.39. The van der Waals surface area contributed by atoms with Crippen molar-refractivity contribution in [3.05, 3.63) is 13.8 Å². The fraction of sp³-hybridized carbons (Fsp3) is 0.900. The molecule has 0 saturated carbocycles. The van der Waals surface area contributed by atoms with E-state index in [1.165, 1.54) is 89.9 Å². The fourth-order valence-electron chi connectivity index (χ4n) is 2.90. The van der Waals surface area contributed by atoms with Gasteiger partial charge in [0.05, 0.1) is 0 Å². The molecule has 0 aromatic carbocycles. The van der Waals surface area contributed by atoms with Crippen LogP contribution in [0.1, 0.15) is 110 Å². The van der Waals surface area contributed by atoms with Crippen molar-refractivity contribution in [2.24, 2.45) is 5.92 Å². The van der Waals surface area contributed by atoms with E-state index < -0.39 is 0 Å². The summed E-state index contributed by atoms with van der Waals surface area (Å²) in [5.74, 6) is 0.951. The Bertz CT molecular complexity index is 161. The van der Waals surface area contributed by atoms with Crippen molar-refractivity contribution in [3.63, 3.8) is 0 Å². The molecule has 0 heterocycles. The van der Waals surface area contributed by atoms with Gasteiger partial charge >= 0.3 is 0 Å². The minimum atomic E-state index is 0.951. The summed E-state index contributed by atoms with van der Waals surface area (Å²) in [6.45, 7) is 10.2. The highest BCUT2D eigenvalue weighted by atomic mass is 14.1. The van der Waals surface area contributed by atoms with Crippen LogP contribution in [-0.4, -0.2) is 0 Å². The summed E-state index contributed by atoms with van der Waals surface area (Å²) < 4.78 is 0. The Morgan fingerprint density at radius 2 is 0.800 bits per heavy atom. The van der Waals surface area contributed by atoms with E-state index >= 15 is 0 Å². The molecule has 0 fully saturated rings. The van der Waals surface area contributed by atoms with Gasteiger partial charge in [-0.2, -0.15) is 0 Å². The van der Waals surface area contributed by atoms with E-state index in [0.717, 1.165) is 18.8 Å². The Kier molecular flexibility index (Phi) is 17.1. The van der Waals surface area contributed by atoms with Crippen molar-refractivity contribution < 1.29 is 0 Å². The molecule has 120 valence electrons. The molecule has 20 heavy (non-hydrogen) atoms. The maximum Gasteiger partial charge on any atom is -0.0443 e. The van der Waals surface area contributed by atoms with Gasteiger partial charge in [0, 0.05) is 0 Å². The molecule has 0 bridgehead atoms. The predicted octanol–water partition coefficient (Wildman–Crippen LogP) is 7.53. The molecule has 0 aromatic rings. The van der Waals surface area contributed by atoms with E-state index in [1.54, 1.807) is 0 Å². The van der Waals surface area contributed by atoms with Gasteiger partial charge in [-0.3, -0.25) is 0 Å². The van der Waals surface area contributed by atoms with Crippen LogP contribution >= 0.6 is 0 Å². The first-order chi connectivity index (χ1) is 9.81. The van der Waals surface area contributed by atoms with Gasteiger partial charge in [0.25, 0.3) is 0 Å². The van der Waals surface area contributed by atoms with Crippen LogP contribution < -0.4 is 0 Å². The molecule has 0 aliphatic carbocycles. The lowest BCUT2D eigenvalue weighted by Gasteiger charge is -2.11. The van der Waals surface area contributed by atoms with E-state index in [1.807, 2.05) is 0 Å². The Balaban J connectivity index is 3.09. The lowest BCUT2D eigenvalue weighted by molar-refractivity contribution is 0.432. The Labute approximate surface area is 130 Å². The van der Waals surface area contributed by atoms with Gasteiger partial charge in [-0.1, -0.05) is 124 Å². The van der Waals surface area contributed by atoms with E-state index in [0.29, 0.717) is 0 Å². The maximum absolute atomic E-state index is 3.90. The van der Waals surface area contributed by atoms with Crippen LogP contribution in [0.3, 0.4) is 0 Å². The molecule has 0 heteroatoms. The van der Waals surface area contributed by atoms with E-state index in [-0.39, 0.29) is 0 Å². The third-order valence-corrected chi connectivity index (χ3v) is 4.39. The van der Waals surface area contributed by atoms with Gasteiger partial charge in [0.15, 0.2) is 0 Å². The molecule has 0 aliphatic rings. The average molecular weight is 281 g/mol. The van der Waals surface area contributed by atoms with Gasteiger partial charge in [-0.15, -0.1) is 0 Å². The first-order valence-electron chi connectivity index (χ1n) is 9.39. The second-order valence-corrected chi connectivity index (χ2v) is 6.63. The minimum Gasteiger partial charge on any atom is -0.0625 e. The molecule has 1 unspecified atom stereocenters. The summed E-state index contributed by atoms with van der Waals surface area (Å²) in [5.41, 5.74) is 0. The molecule has 0 N–H and O–H groups in total. The van der Waals surface area contributed by atoms with Crippen molar-refractivity contribution in [1.29, 1.82) is 0 Å². The minimum absolute atomic E-state index is 0.951.